The van der Waals surface area contributed by atoms with Gasteiger partial charge in [0.1, 0.15) is 5.60 Å². The molecule has 26 heavy (non-hydrogen) atoms. The van der Waals surface area contributed by atoms with Gasteiger partial charge >= 0.3 is 0 Å². The highest BCUT2D eigenvalue weighted by Gasteiger charge is 2.52. The van der Waals surface area contributed by atoms with Crippen LogP contribution in [0, 0.1) is 0 Å². The van der Waals surface area contributed by atoms with Crippen LogP contribution < -0.4 is 0 Å². The number of carbonyl (C=O) groups is 1. The number of aryl methyl sites for hydroxylation is 1. The van der Waals surface area contributed by atoms with Gasteiger partial charge in [-0.1, -0.05) is 30.3 Å². The number of hydrogen-bond acceptors (Lipinski definition) is 5. The molecular weight excluding hydrogens is 330 g/mol. The molecule has 7 heteroatoms. The SMILES string of the molecule is Cn1cc(C(=O)N2CC3(C2)OCc2nc(-c4ccccc4)ncc23)cn1. The summed E-state index contributed by atoms with van der Waals surface area (Å²) in [6, 6.07) is 9.89. The molecule has 0 atom stereocenters. The first-order valence-electron chi connectivity index (χ1n) is 8.48. The van der Waals surface area contributed by atoms with Crippen molar-refractivity contribution in [2.75, 3.05) is 13.1 Å². The van der Waals surface area contributed by atoms with Crippen LogP contribution in [-0.2, 0) is 24.0 Å². The lowest BCUT2D eigenvalue weighted by Gasteiger charge is -2.47. The average molecular weight is 347 g/mol. The van der Waals surface area contributed by atoms with E-state index in [9.17, 15) is 4.79 Å². The monoisotopic (exact) mass is 347 g/mol. The molecule has 1 amide bonds. The van der Waals surface area contributed by atoms with Gasteiger partial charge in [0.25, 0.3) is 5.91 Å². The van der Waals surface area contributed by atoms with Crippen LogP contribution in [0.15, 0.2) is 48.9 Å². The van der Waals surface area contributed by atoms with Crippen molar-refractivity contribution < 1.29 is 9.53 Å². The zero-order valence-electron chi connectivity index (χ0n) is 14.3. The van der Waals surface area contributed by atoms with Crippen molar-refractivity contribution in [1.82, 2.24) is 24.6 Å². The van der Waals surface area contributed by atoms with Crippen LogP contribution >= 0.6 is 0 Å². The highest BCUT2D eigenvalue weighted by molar-refractivity contribution is 5.94. The van der Waals surface area contributed by atoms with Gasteiger partial charge in [-0.15, -0.1) is 0 Å². The molecule has 130 valence electrons. The van der Waals surface area contributed by atoms with Crippen molar-refractivity contribution in [3.63, 3.8) is 0 Å². The second-order valence-corrected chi connectivity index (χ2v) is 6.77. The maximum absolute atomic E-state index is 12.5. The summed E-state index contributed by atoms with van der Waals surface area (Å²) in [7, 11) is 1.80. The van der Waals surface area contributed by atoms with Gasteiger partial charge in [0.05, 0.1) is 37.2 Å². The number of amides is 1. The summed E-state index contributed by atoms with van der Waals surface area (Å²) in [6.45, 7) is 1.48. The largest absolute Gasteiger partial charge is 0.360 e. The second-order valence-electron chi connectivity index (χ2n) is 6.77. The highest BCUT2D eigenvalue weighted by Crippen LogP contribution is 2.43. The third kappa shape index (κ3) is 2.24. The first-order chi connectivity index (χ1) is 12.6. The number of nitrogens with zero attached hydrogens (tertiary/aromatic N) is 5. The second kappa shape index (κ2) is 5.47. The number of aromatic nitrogens is 4. The van der Waals surface area contributed by atoms with E-state index in [0.29, 0.717) is 31.1 Å². The Hall–Kier alpha value is -3.06. The third-order valence-electron chi connectivity index (χ3n) is 5.01. The van der Waals surface area contributed by atoms with E-state index in [1.165, 1.54) is 0 Å². The Morgan fingerprint density at radius 3 is 2.73 bits per heavy atom. The third-order valence-corrected chi connectivity index (χ3v) is 5.01. The Labute approximate surface area is 150 Å². The molecule has 4 heterocycles. The normalized spacial score (nSPS) is 17.2. The van der Waals surface area contributed by atoms with E-state index in [0.717, 1.165) is 16.8 Å². The van der Waals surface area contributed by atoms with E-state index in [1.807, 2.05) is 36.5 Å². The standard InChI is InChI=1S/C19H17N5O2/c1-23-9-14(7-21-23)18(25)24-11-19(12-24)15-8-20-17(22-16(15)10-26-19)13-5-3-2-4-6-13/h2-9H,10-12H2,1H3. The maximum Gasteiger partial charge on any atom is 0.257 e. The lowest BCUT2D eigenvalue weighted by Crippen LogP contribution is -2.61. The summed E-state index contributed by atoms with van der Waals surface area (Å²) in [5.41, 5.74) is 3.01. The molecule has 1 aromatic carbocycles. The van der Waals surface area contributed by atoms with E-state index in [2.05, 4.69) is 15.1 Å². The molecule has 1 fully saturated rings. The van der Waals surface area contributed by atoms with E-state index in [4.69, 9.17) is 4.74 Å². The zero-order valence-corrected chi connectivity index (χ0v) is 14.3. The molecule has 0 bridgehead atoms. The molecule has 2 aliphatic heterocycles. The minimum atomic E-state index is -0.470. The van der Waals surface area contributed by atoms with Crippen LogP contribution in [0.5, 0.6) is 0 Å². The van der Waals surface area contributed by atoms with Crippen LogP contribution in [0.1, 0.15) is 21.6 Å². The van der Waals surface area contributed by atoms with E-state index in [-0.39, 0.29) is 5.91 Å². The predicted octanol–water partition coefficient (Wildman–Crippen LogP) is 1.76. The van der Waals surface area contributed by atoms with Gasteiger partial charge in [0.15, 0.2) is 5.82 Å². The van der Waals surface area contributed by atoms with E-state index < -0.39 is 5.60 Å². The molecule has 0 radical (unpaired) electrons. The number of fused-ring (bicyclic) bond motifs is 2. The average Bonchev–Trinajstić information content (AvgIpc) is 3.24. The Kier molecular flexibility index (Phi) is 3.20. The molecule has 0 saturated carbocycles. The molecule has 2 aliphatic rings. The quantitative estimate of drug-likeness (QED) is 0.706. The maximum atomic E-state index is 12.5. The summed E-state index contributed by atoms with van der Waals surface area (Å²) >= 11 is 0. The molecule has 5 rings (SSSR count). The van der Waals surface area contributed by atoms with Crippen molar-refractivity contribution in [3.05, 3.63) is 65.7 Å². The Morgan fingerprint density at radius 2 is 2.00 bits per heavy atom. The fourth-order valence-corrected chi connectivity index (χ4v) is 3.61. The van der Waals surface area contributed by atoms with Gasteiger partial charge in [-0.3, -0.25) is 9.48 Å². The van der Waals surface area contributed by atoms with Gasteiger partial charge in [0.2, 0.25) is 0 Å². The first-order valence-corrected chi connectivity index (χ1v) is 8.48. The molecule has 3 aromatic rings. The summed E-state index contributed by atoms with van der Waals surface area (Å²) < 4.78 is 7.67. The molecule has 1 saturated heterocycles. The van der Waals surface area contributed by atoms with E-state index in [1.54, 1.807) is 29.0 Å². The summed E-state index contributed by atoms with van der Waals surface area (Å²) in [6.07, 6.45) is 5.17. The Morgan fingerprint density at radius 1 is 1.19 bits per heavy atom. The fourth-order valence-electron chi connectivity index (χ4n) is 3.61. The summed E-state index contributed by atoms with van der Waals surface area (Å²) in [4.78, 5) is 23.5. The molecule has 1 spiro atoms. The van der Waals surface area contributed by atoms with Gasteiger partial charge in [0, 0.05) is 30.6 Å². The smallest absolute Gasteiger partial charge is 0.257 e. The number of rotatable bonds is 2. The summed E-state index contributed by atoms with van der Waals surface area (Å²) in [5, 5.41) is 4.06. The molecule has 2 aromatic heterocycles. The zero-order chi connectivity index (χ0) is 17.7. The van der Waals surface area contributed by atoms with Gasteiger partial charge in [-0.05, 0) is 0 Å². The van der Waals surface area contributed by atoms with Gasteiger partial charge in [-0.25, -0.2) is 9.97 Å². The number of benzene rings is 1. The molecule has 7 nitrogen and oxygen atoms in total. The minimum absolute atomic E-state index is 0.0254. The van der Waals surface area contributed by atoms with Crippen molar-refractivity contribution >= 4 is 5.91 Å². The van der Waals surface area contributed by atoms with Gasteiger partial charge < -0.3 is 9.64 Å². The molecule has 0 N–H and O–H groups in total. The minimum Gasteiger partial charge on any atom is -0.360 e. The van der Waals surface area contributed by atoms with Crippen LogP contribution in [0.4, 0.5) is 0 Å². The Bertz CT molecular complexity index is 992. The number of ether oxygens (including phenoxy) is 1. The Balaban J connectivity index is 1.37. The lowest BCUT2D eigenvalue weighted by molar-refractivity contribution is -0.126. The van der Waals surface area contributed by atoms with Crippen molar-refractivity contribution in [2.24, 2.45) is 7.05 Å². The van der Waals surface area contributed by atoms with Crippen LogP contribution in [0.3, 0.4) is 0 Å². The van der Waals surface area contributed by atoms with Crippen LogP contribution in [-0.4, -0.2) is 43.6 Å². The fraction of sp³-hybridized carbons (Fsp3) is 0.263. The molecule has 0 unspecified atom stereocenters. The molecular formula is C19H17N5O2. The van der Waals surface area contributed by atoms with Crippen molar-refractivity contribution in [2.45, 2.75) is 12.2 Å². The number of carbonyl (C=O) groups excluding carboxylic acids is 1. The highest BCUT2D eigenvalue weighted by atomic mass is 16.5. The first kappa shape index (κ1) is 15.2. The topological polar surface area (TPSA) is 73.1 Å². The number of likely N-dealkylation sites (tertiary alicyclic amines) is 1. The predicted molar refractivity (Wildman–Crippen MR) is 93.0 cm³/mol. The van der Waals surface area contributed by atoms with E-state index >= 15 is 0 Å². The van der Waals surface area contributed by atoms with Crippen LogP contribution in [0.2, 0.25) is 0 Å². The van der Waals surface area contributed by atoms with Crippen LogP contribution in [0.25, 0.3) is 11.4 Å². The summed E-state index contributed by atoms with van der Waals surface area (Å²) in [5.74, 6) is 0.676. The van der Waals surface area contributed by atoms with Crippen molar-refractivity contribution in [3.8, 4) is 11.4 Å². The van der Waals surface area contributed by atoms with Crippen molar-refractivity contribution in [1.29, 1.82) is 0 Å². The molecule has 0 aliphatic carbocycles. The lowest BCUT2D eigenvalue weighted by atomic mass is 9.87. The van der Waals surface area contributed by atoms with Gasteiger partial charge in [-0.2, -0.15) is 5.10 Å². The number of hydrogen-bond donors (Lipinski definition) is 0.